The van der Waals surface area contributed by atoms with Crippen molar-refractivity contribution in [3.8, 4) is 5.75 Å². The average Bonchev–Trinajstić information content (AvgIpc) is 3.33. The van der Waals surface area contributed by atoms with Gasteiger partial charge in [0.1, 0.15) is 12.1 Å². The van der Waals surface area contributed by atoms with E-state index in [2.05, 4.69) is 37.2 Å². The molecule has 0 bridgehead atoms. The van der Waals surface area contributed by atoms with Crippen LogP contribution in [0.15, 0.2) is 65.8 Å². The van der Waals surface area contributed by atoms with Gasteiger partial charge in [0, 0.05) is 47.5 Å². The summed E-state index contributed by atoms with van der Waals surface area (Å²) in [5.74, 6) is 0.997. The van der Waals surface area contributed by atoms with E-state index >= 15 is 0 Å². The van der Waals surface area contributed by atoms with Crippen molar-refractivity contribution < 1.29 is 9.47 Å². The van der Waals surface area contributed by atoms with Crippen LogP contribution >= 0.6 is 23.5 Å². The van der Waals surface area contributed by atoms with Crippen LogP contribution in [0.25, 0.3) is 0 Å². The maximum atomic E-state index is 5.90. The Morgan fingerprint density at radius 1 is 1.03 bits per heavy atom. The highest BCUT2D eigenvalue weighted by molar-refractivity contribution is 8.00. The first-order valence-electron chi connectivity index (χ1n) is 9.68. The number of ether oxygens (including phenoxy) is 2. The number of morpholine rings is 1. The van der Waals surface area contributed by atoms with Crippen LogP contribution in [0.4, 0.5) is 5.13 Å². The lowest BCUT2D eigenvalue weighted by molar-refractivity contribution is 0.00704. The van der Waals surface area contributed by atoms with E-state index in [1.165, 1.54) is 29.0 Å². The van der Waals surface area contributed by atoms with E-state index in [9.17, 15) is 0 Å². The molecule has 0 radical (unpaired) electrons. The first-order valence-corrected chi connectivity index (χ1v) is 11.3. The molecule has 3 heterocycles. The summed E-state index contributed by atoms with van der Waals surface area (Å²) in [6, 6.07) is 18.9. The van der Waals surface area contributed by atoms with Crippen molar-refractivity contribution in [2.45, 2.75) is 17.4 Å². The fraction of sp³-hybridized carbons (Fsp3) is 0.333. The molecule has 1 fully saturated rings. The number of rotatable bonds is 4. The van der Waals surface area contributed by atoms with Gasteiger partial charge in [0.05, 0.1) is 19.8 Å². The highest BCUT2D eigenvalue weighted by Gasteiger charge is 2.28. The molecule has 2 aliphatic rings. The van der Waals surface area contributed by atoms with E-state index in [1.54, 1.807) is 6.33 Å². The first-order chi connectivity index (χ1) is 14.4. The highest BCUT2D eigenvalue weighted by atomic mass is 32.2. The second kappa shape index (κ2) is 10.6. The van der Waals surface area contributed by atoms with Crippen LogP contribution in [0.3, 0.4) is 0 Å². The second-order valence-corrected chi connectivity index (χ2v) is 8.27. The van der Waals surface area contributed by atoms with Gasteiger partial charge in [-0.3, -0.25) is 4.90 Å². The van der Waals surface area contributed by atoms with Gasteiger partial charge in [0.15, 0.2) is 0 Å². The predicted octanol–water partition coefficient (Wildman–Crippen LogP) is 4.50. The Balaban J connectivity index is 0.000000294. The summed E-state index contributed by atoms with van der Waals surface area (Å²) >= 11 is 2.88. The lowest BCUT2D eigenvalue weighted by Gasteiger charge is -2.37. The van der Waals surface area contributed by atoms with Crippen LogP contribution in [-0.4, -0.2) is 47.2 Å². The molecular weight excluding hydrogens is 404 g/mol. The Labute approximate surface area is 179 Å². The number of hydrogen-bond donors (Lipinski definition) is 1. The van der Waals surface area contributed by atoms with Crippen molar-refractivity contribution in [3.05, 3.63) is 66.5 Å². The fourth-order valence-electron chi connectivity index (χ4n) is 3.39. The zero-order chi connectivity index (χ0) is 19.7. The first kappa shape index (κ1) is 20.2. The number of benzene rings is 2. The molecule has 1 saturated heterocycles. The molecule has 2 aromatic carbocycles. The minimum atomic E-state index is 0.442. The van der Waals surface area contributed by atoms with Crippen molar-refractivity contribution in [2.75, 3.05) is 37.6 Å². The molecule has 6 nitrogen and oxygen atoms in total. The average molecular weight is 429 g/mol. The number of nitrogens with one attached hydrogen (secondary N) is 1. The van der Waals surface area contributed by atoms with Gasteiger partial charge in [0.25, 0.3) is 0 Å². The van der Waals surface area contributed by atoms with E-state index in [1.807, 2.05) is 36.4 Å². The topological polar surface area (TPSA) is 59.5 Å². The number of anilines is 1. The molecule has 0 amide bonds. The number of hydrogen-bond acceptors (Lipinski definition) is 8. The Morgan fingerprint density at radius 2 is 1.79 bits per heavy atom. The zero-order valence-corrected chi connectivity index (χ0v) is 17.7. The summed E-state index contributed by atoms with van der Waals surface area (Å²) in [6.07, 6.45) is 2.60. The van der Waals surface area contributed by atoms with E-state index in [4.69, 9.17) is 9.47 Å². The largest absolute Gasteiger partial charge is 0.493 e. The maximum Gasteiger partial charge on any atom is 0.212 e. The lowest BCUT2D eigenvalue weighted by atomic mass is 9.98. The van der Waals surface area contributed by atoms with Crippen LogP contribution in [0, 0.1) is 0 Å². The monoisotopic (exact) mass is 428 g/mol. The van der Waals surface area contributed by atoms with Gasteiger partial charge >= 0.3 is 0 Å². The van der Waals surface area contributed by atoms with Gasteiger partial charge in [-0.05, 0) is 24.1 Å². The molecule has 0 aliphatic carbocycles. The van der Waals surface area contributed by atoms with E-state index < -0.39 is 0 Å². The molecule has 5 rings (SSSR count). The summed E-state index contributed by atoms with van der Waals surface area (Å²) in [4.78, 5) is 7.74. The van der Waals surface area contributed by atoms with E-state index in [0.29, 0.717) is 6.04 Å². The number of nitrogens with zero attached hydrogens (tertiary/aromatic N) is 3. The summed E-state index contributed by atoms with van der Waals surface area (Å²) in [6.45, 7) is 4.42. The van der Waals surface area contributed by atoms with Crippen molar-refractivity contribution in [3.63, 3.8) is 0 Å². The van der Waals surface area contributed by atoms with Crippen molar-refractivity contribution >= 4 is 28.6 Å². The summed E-state index contributed by atoms with van der Waals surface area (Å²) < 4.78 is 18.6. The van der Waals surface area contributed by atoms with Crippen LogP contribution in [0.1, 0.15) is 18.0 Å². The SMILES string of the molecule is c1ccccc1.c1nsc(NSc2ccc3c(c2)OCCC3N2CCOCC2)n1. The standard InChI is InChI=1S/C15H18N4O2S2.C6H6/c1-2-12-13(19-4-7-20-8-5-19)3-6-21-14(12)9-11(1)22-18-15-16-10-17-23-15;1-2-4-6-5-3-1/h1-2,9-10,13H,3-8H2,(H,16,17,18);1-6H. The molecule has 2 aliphatic heterocycles. The third-order valence-corrected chi connectivity index (χ3v) is 6.26. The molecule has 8 heteroatoms. The predicted molar refractivity (Wildman–Crippen MR) is 118 cm³/mol. The van der Waals surface area contributed by atoms with Crippen LogP contribution in [0.5, 0.6) is 5.75 Å². The van der Waals surface area contributed by atoms with Gasteiger partial charge in [-0.2, -0.15) is 4.37 Å². The summed E-state index contributed by atoms with van der Waals surface area (Å²) in [5.41, 5.74) is 1.29. The van der Waals surface area contributed by atoms with E-state index in [0.717, 1.165) is 55.1 Å². The quantitative estimate of drug-likeness (QED) is 0.614. The van der Waals surface area contributed by atoms with Gasteiger partial charge < -0.3 is 14.2 Å². The van der Waals surface area contributed by atoms with Gasteiger partial charge in [-0.25, -0.2) is 4.98 Å². The zero-order valence-electron chi connectivity index (χ0n) is 16.1. The Morgan fingerprint density at radius 3 is 2.48 bits per heavy atom. The third-order valence-electron chi connectivity index (χ3n) is 4.76. The fourth-order valence-corrected chi connectivity index (χ4v) is 4.51. The molecule has 1 N–H and O–H groups in total. The number of aromatic nitrogens is 2. The third kappa shape index (κ3) is 5.70. The normalized spacial score (nSPS) is 18.7. The van der Waals surface area contributed by atoms with Crippen LogP contribution in [-0.2, 0) is 4.74 Å². The molecule has 0 saturated carbocycles. The Kier molecular flexibility index (Phi) is 7.36. The lowest BCUT2D eigenvalue weighted by Crippen LogP contribution is -2.40. The molecule has 29 heavy (non-hydrogen) atoms. The molecule has 1 atom stereocenters. The van der Waals surface area contributed by atoms with Crippen molar-refractivity contribution in [2.24, 2.45) is 0 Å². The molecular formula is C21H24N4O2S2. The van der Waals surface area contributed by atoms with Gasteiger partial charge in [0.2, 0.25) is 5.13 Å². The second-order valence-electron chi connectivity index (χ2n) is 6.61. The molecule has 152 valence electrons. The minimum absolute atomic E-state index is 0.442. The van der Waals surface area contributed by atoms with Crippen LogP contribution in [0.2, 0.25) is 0 Å². The van der Waals surface area contributed by atoms with Gasteiger partial charge in [-0.15, -0.1) is 0 Å². The summed E-state index contributed by atoms with van der Waals surface area (Å²) in [5, 5.41) is 0.805. The van der Waals surface area contributed by atoms with Gasteiger partial charge in [-0.1, -0.05) is 42.5 Å². The summed E-state index contributed by atoms with van der Waals surface area (Å²) in [7, 11) is 0. The molecule has 1 unspecified atom stereocenters. The van der Waals surface area contributed by atoms with Crippen molar-refractivity contribution in [1.29, 1.82) is 0 Å². The van der Waals surface area contributed by atoms with Crippen molar-refractivity contribution in [1.82, 2.24) is 14.3 Å². The highest BCUT2D eigenvalue weighted by Crippen LogP contribution is 2.38. The molecule has 3 aromatic rings. The van der Waals surface area contributed by atoms with Crippen LogP contribution < -0.4 is 9.46 Å². The number of fused-ring (bicyclic) bond motifs is 1. The molecule has 1 aromatic heterocycles. The smallest absolute Gasteiger partial charge is 0.212 e. The molecule has 0 spiro atoms. The minimum Gasteiger partial charge on any atom is -0.493 e. The Bertz CT molecular complexity index is 832. The Hall–Kier alpha value is -2.13. The maximum absolute atomic E-state index is 5.90. The van der Waals surface area contributed by atoms with E-state index in [-0.39, 0.29) is 0 Å².